The van der Waals surface area contributed by atoms with E-state index < -0.39 is 26.9 Å². The lowest BCUT2D eigenvalue weighted by Gasteiger charge is -2.25. The number of carbonyl (C=O) groups is 1. The van der Waals surface area contributed by atoms with Crippen molar-refractivity contribution in [2.24, 2.45) is 0 Å². The number of nitrogens with zero attached hydrogens (tertiary/aromatic N) is 3. The smallest absolute Gasteiger partial charge is 0.303 e. The number of non-ortho nitro benzene ring substituents is 1. The lowest BCUT2D eigenvalue weighted by atomic mass is 9.81. The Balaban J connectivity index is 1.64. The van der Waals surface area contributed by atoms with Gasteiger partial charge in [-0.25, -0.2) is 0 Å². The fourth-order valence-corrected chi connectivity index (χ4v) is 6.76. The number of fused-ring (bicyclic) bond motifs is 2. The van der Waals surface area contributed by atoms with E-state index in [4.69, 9.17) is 5.11 Å². The van der Waals surface area contributed by atoms with Crippen LogP contribution in [0.2, 0.25) is 0 Å². The van der Waals surface area contributed by atoms with Gasteiger partial charge in [0.15, 0.2) is 5.71 Å². The molecule has 11 heteroatoms. The highest BCUT2D eigenvalue weighted by atomic mass is 32.2. The zero-order chi connectivity index (χ0) is 32.4. The molecule has 0 fully saturated rings. The van der Waals surface area contributed by atoms with E-state index in [1.54, 1.807) is 12.1 Å². The number of unbranched alkanes of at least 4 members (excludes halogenated alkanes) is 2. The number of likely N-dealkylation sites (N-methyl/N-ethyl adjacent to an activating group) is 1. The SMILES string of the molecule is CCN1\C(=C/C=C/C=C/C2=[N+](CCCCCC(=O)O)c3ccc(S(=O)(=O)O)cc3C2(C)C)C(C)(C)c2cc([N+](=O)[O-])ccc21. The standard InChI is InChI=1S/C33H39N3O7S/c1-6-34-27-18-16-23(36(39)40)21-25(27)32(2,3)29(34)13-9-7-10-14-30-33(4,5)26-22-24(44(41,42)43)17-19-28(26)35(30)20-12-8-11-15-31(37)38/h7,9-10,13-14,16-19,21-22H,6,8,11-12,15,20H2,1-5H3,(H-,37,38,41,42,43)/p+1. The van der Waals surface area contributed by atoms with Crippen LogP contribution in [0.25, 0.3) is 0 Å². The molecule has 0 aromatic heterocycles. The van der Waals surface area contributed by atoms with Gasteiger partial charge in [-0.2, -0.15) is 13.0 Å². The molecule has 234 valence electrons. The molecule has 0 saturated carbocycles. The van der Waals surface area contributed by atoms with Crippen molar-refractivity contribution >= 4 is 38.9 Å². The molecule has 44 heavy (non-hydrogen) atoms. The Morgan fingerprint density at radius 3 is 2.36 bits per heavy atom. The summed E-state index contributed by atoms with van der Waals surface area (Å²) in [7, 11) is -4.37. The van der Waals surface area contributed by atoms with Crippen molar-refractivity contribution < 1.29 is 32.4 Å². The predicted octanol–water partition coefficient (Wildman–Crippen LogP) is 6.68. The molecule has 2 heterocycles. The molecule has 4 rings (SSSR count). The van der Waals surface area contributed by atoms with E-state index >= 15 is 0 Å². The first-order chi connectivity index (χ1) is 20.6. The lowest BCUT2D eigenvalue weighted by Crippen LogP contribution is -2.28. The highest BCUT2D eigenvalue weighted by molar-refractivity contribution is 7.85. The number of anilines is 1. The van der Waals surface area contributed by atoms with E-state index in [0.717, 1.165) is 46.8 Å². The predicted molar refractivity (Wildman–Crippen MR) is 171 cm³/mol. The average Bonchev–Trinajstić information content (AvgIpc) is 3.29. The Hall–Kier alpha value is -4.09. The average molecular weight is 623 g/mol. The van der Waals surface area contributed by atoms with E-state index in [0.29, 0.717) is 19.5 Å². The van der Waals surface area contributed by atoms with Crippen molar-refractivity contribution in [3.63, 3.8) is 0 Å². The van der Waals surface area contributed by atoms with Crippen molar-refractivity contribution in [3.05, 3.63) is 93.7 Å². The summed E-state index contributed by atoms with van der Waals surface area (Å²) in [5.74, 6) is -0.819. The topological polar surface area (TPSA) is 141 Å². The van der Waals surface area contributed by atoms with Crippen LogP contribution in [0, 0.1) is 10.1 Å². The highest BCUT2D eigenvalue weighted by Gasteiger charge is 2.45. The van der Waals surface area contributed by atoms with Crippen molar-refractivity contribution in [2.45, 2.75) is 76.0 Å². The molecule has 0 radical (unpaired) electrons. The van der Waals surface area contributed by atoms with Crippen LogP contribution < -0.4 is 4.90 Å². The number of benzene rings is 2. The summed E-state index contributed by atoms with van der Waals surface area (Å²) in [6.45, 7) is 11.5. The van der Waals surface area contributed by atoms with Gasteiger partial charge in [0.05, 0.1) is 15.2 Å². The summed E-state index contributed by atoms with van der Waals surface area (Å²) in [5.41, 5.74) is 4.55. The number of hydrogen-bond donors (Lipinski definition) is 2. The molecular formula is C33H40N3O7S+. The first kappa shape index (κ1) is 32.8. The zero-order valence-electron chi connectivity index (χ0n) is 25.8. The molecule has 0 amide bonds. The Bertz CT molecular complexity index is 1720. The quantitative estimate of drug-likeness (QED) is 0.0667. The third-order valence-corrected chi connectivity index (χ3v) is 9.42. The second-order valence-corrected chi connectivity index (χ2v) is 13.6. The van der Waals surface area contributed by atoms with Gasteiger partial charge in [0.1, 0.15) is 6.54 Å². The van der Waals surface area contributed by atoms with Crippen molar-refractivity contribution in [1.29, 1.82) is 0 Å². The zero-order valence-corrected chi connectivity index (χ0v) is 26.6. The maximum absolute atomic E-state index is 11.9. The molecule has 10 nitrogen and oxygen atoms in total. The summed E-state index contributed by atoms with van der Waals surface area (Å²) >= 11 is 0. The number of carboxylic acid groups (broad SMARTS) is 1. The fourth-order valence-electron chi connectivity index (χ4n) is 6.25. The molecule has 2 aromatic rings. The van der Waals surface area contributed by atoms with E-state index in [9.17, 15) is 27.9 Å². The van der Waals surface area contributed by atoms with Crippen LogP contribution in [0.5, 0.6) is 0 Å². The number of carboxylic acids is 1. The van der Waals surface area contributed by atoms with Crippen LogP contribution in [-0.4, -0.2) is 52.3 Å². The highest BCUT2D eigenvalue weighted by Crippen LogP contribution is 2.48. The number of hydrogen-bond acceptors (Lipinski definition) is 6. The molecule has 0 atom stereocenters. The monoisotopic (exact) mass is 622 g/mol. The molecule has 2 aliphatic rings. The number of nitro benzene ring substituents is 1. The van der Waals surface area contributed by atoms with Gasteiger partial charge in [0.25, 0.3) is 15.8 Å². The third kappa shape index (κ3) is 6.39. The van der Waals surface area contributed by atoms with Crippen molar-refractivity contribution in [3.8, 4) is 0 Å². The summed E-state index contributed by atoms with van der Waals surface area (Å²) < 4.78 is 35.6. The molecular weight excluding hydrogens is 582 g/mol. The molecule has 0 spiro atoms. The summed E-state index contributed by atoms with van der Waals surface area (Å²) in [6, 6.07) is 9.63. The minimum atomic E-state index is -4.37. The van der Waals surface area contributed by atoms with E-state index in [1.807, 2.05) is 57.2 Å². The fraction of sp³-hybridized carbons (Fsp3) is 0.394. The molecule has 2 N–H and O–H groups in total. The molecule has 0 saturated heterocycles. The van der Waals surface area contributed by atoms with E-state index in [-0.39, 0.29) is 21.9 Å². The van der Waals surface area contributed by atoms with E-state index in [1.165, 1.54) is 18.2 Å². The van der Waals surface area contributed by atoms with Crippen LogP contribution in [0.1, 0.15) is 71.4 Å². The first-order valence-corrected chi connectivity index (χ1v) is 16.2. The van der Waals surface area contributed by atoms with E-state index in [2.05, 4.69) is 23.3 Å². The number of nitro groups is 1. The Morgan fingerprint density at radius 2 is 1.73 bits per heavy atom. The third-order valence-electron chi connectivity index (χ3n) is 8.57. The number of aliphatic carboxylic acids is 1. The molecule has 0 aliphatic carbocycles. The van der Waals surface area contributed by atoms with Crippen LogP contribution >= 0.6 is 0 Å². The van der Waals surface area contributed by atoms with Crippen LogP contribution in [0.4, 0.5) is 17.1 Å². The first-order valence-electron chi connectivity index (χ1n) is 14.7. The molecule has 2 aromatic carbocycles. The van der Waals surface area contributed by atoms with Crippen molar-refractivity contribution in [2.75, 3.05) is 18.0 Å². The maximum atomic E-state index is 11.9. The molecule has 0 unspecified atom stereocenters. The largest absolute Gasteiger partial charge is 0.481 e. The number of rotatable bonds is 12. The van der Waals surface area contributed by atoms with Gasteiger partial charge in [0.2, 0.25) is 5.69 Å². The second-order valence-electron chi connectivity index (χ2n) is 12.1. The Morgan fingerprint density at radius 1 is 1.00 bits per heavy atom. The van der Waals surface area contributed by atoms with Gasteiger partial charge >= 0.3 is 5.97 Å². The van der Waals surface area contributed by atoms with Crippen LogP contribution in [-0.2, 0) is 25.7 Å². The van der Waals surface area contributed by atoms with Gasteiger partial charge in [-0.05, 0) is 63.5 Å². The second kappa shape index (κ2) is 12.5. The Kier molecular flexibility index (Phi) is 9.32. The van der Waals surface area contributed by atoms with Gasteiger partial charge < -0.3 is 10.0 Å². The number of allylic oxidation sites excluding steroid dienone is 6. The maximum Gasteiger partial charge on any atom is 0.303 e. The summed E-state index contributed by atoms with van der Waals surface area (Å²) in [6.07, 6.45) is 12.0. The molecule has 0 bridgehead atoms. The lowest BCUT2D eigenvalue weighted by molar-refractivity contribution is -0.438. The van der Waals surface area contributed by atoms with Gasteiger partial charge in [-0.1, -0.05) is 32.1 Å². The van der Waals surface area contributed by atoms with Crippen LogP contribution in [0.3, 0.4) is 0 Å². The molecule has 2 aliphatic heterocycles. The Labute approximate surface area is 258 Å². The normalized spacial score (nSPS) is 18.0. The summed E-state index contributed by atoms with van der Waals surface area (Å²) in [4.78, 5) is 24.0. The van der Waals surface area contributed by atoms with Gasteiger partial charge in [-0.15, -0.1) is 0 Å². The van der Waals surface area contributed by atoms with Crippen LogP contribution in [0.15, 0.2) is 77.4 Å². The minimum Gasteiger partial charge on any atom is -0.481 e. The van der Waals surface area contributed by atoms with Gasteiger partial charge in [0, 0.05) is 66.0 Å². The van der Waals surface area contributed by atoms with Crippen molar-refractivity contribution in [1.82, 2.24) is 0 Å². The summed E-state index contributed by atoms with van der Waals surface area (Å²) in [5, 5.41) is 20.4. The van der Waals surface area contributed by atoms with Gasteiger partial charge in [-0.3, -0.25) is 19.5 Å². The minimum absolute atomic E-state index is 0.0694.